The summed E-state index contributed by atoms with van der Waals surface area (Å²) in [5.41, 5.74) is 8.89. The molecule has 0 amide bonds. The largest absolute Gasteiger partial charge is 0.353 e. The summed E-state index contributed by atoms with van der Waals surface area (Å²) in [5, 5.41) is 12.0. The van der Waals surface area contributed by atoms with Crippen molar-refractivity contribution in [3.05, 3.63) is 78.9 Å². The van der Waals surface area contributed by atoms with Gasteiger partial charge in [0.15, 0.2) is 0 Å². The molecule has 0 saturated heterocycles. The molecule has 0 saturated carbocycles. The summed E-state index contributed by atoms with van der Waals surface area (Å²) in [4.78, 5) is 21.9. The first kappa shape index (κ1) is 20.2. The number of hydrogen-bond acceptors (Lipinski definition) is 6. The fourth-order valence-corrected chi connectivity index (χ4v) is 4.13. The van der Waals surface area contributed by atoms with Gasteiger partial charge in [-0.3, -0.25) is 20.1 Å². The summed E-state index contributed by atoms with van der Waals surface area (Å²) < 4.78 is 0. The highest BCUT2D eigenvalue weighted by Crippen LogP contribution is 2.32. The van der Waals surface area contributed by atoms with Gasteiger partial charge in [0.25, 0.3) is 0 Å². The molecule has 6 aromatic rings. The average Bonchev–Trinajstić information content (AvgIpc) is 3.51. The van der Waals surface area contributed by atoms with Gasteiger partial charge in [-0.05, 0) is 54.6 Å². The van der Waals surface area contributed by atoms with Crippen molar-refractivity contribution in [3.63, 3.8) is 0 Å². The maximum Gasteiger partial charge on any atom is 0.135 e. The van der Waals surface area contributed by atoms with Gasteiger partial charge in [0, 0.05) is 47.8 Å². The Morgan fingerprint density at radius 1 is 0.882 bits per heavy atom. The van der Waals surface area contributed by atoms with Crippen LogP contribution < -0.4 is 5.32 Å². The molecule has 0 unspecified atom stereocenters. The summed E-state index contributed by atoms with van der Waals surface area (Å²) >= 11 is 0. The van der Waals surface area contributed by atoms with Crippen molar-refractivity contribution in [2.45, 2.75) is 13.5 Å². The Morgan fingerprint density at radius 2 is 1.85 bits per heavy atom. The molecule has 0 spiro atoms. The molecule has 0 radical (unpaired) electrons. The van der Waals surface area contributed by atoms with Gasteiger partial charge in [-0.25, -0.2) is 4.98 Å². The van der Waals surface area contributed by atoms with Gasteiger partial charge in [0.1, 0.15) is 11.2 Å². The van der Waals surface area contributed by atoms with E-state index in [4.69, 9.17) is 4.98 Å². The predicted molar refractivity (Wildman–Crippen MR) is 133 cm³/mol. The van der Waals surface area contributed by atoms with Crippen LogP contribution in [-0.4, -0.2) is 41.7 Å². The SMILES string of the molecule is CCNCc1cncc(-c2ccc3[nH]nc(-c4cc5c(-c6ccccn6)nccc5[nH]4)c3n2)c1. The summed E-state index contributed by atoms with van der Waals surface area (Å²) in [5.74, 6) is 0. The molecule has 6 aromatic heterocycles. The molecule has 166 valence electrons. The van der Waals surface area contributed by atoms with Crippen molar-refractivity contribution in [1.29, 1.82) is 0 Å². The minimum Gasteiger partial charge on any atom is -0.353 e. The Hall–Kier alpha value is -4.43. The number of nitrogens with zero attached hydrogens (tertiary/aromatic N) is 5. The third-order valence-electron chi connectivity index (χ3n) is 5.79. The highest BCUT2D eigenvalue weighted by Gasteiger charge is 2.16. The van der Waals surface area contributed by atoms with Crippen molar-refractivity contribution >= 4 is 21.9 Å². The van der Waals surface area contributed by atoms with Crippen LogP contribution in [0, 0.1) is 0 Å². The lowest BCUT2D eigenvalue weighted by Gasteiger charge is -2.05. The first-order valence-corrected chi connectivity index (χ1v) is 11.2. The van der Waals surface area contributed by atoms with Crippen molar-refractivity contribution in [3.8, 4) is 34.0 Å². The highest BCUT2D eigenvalue weighted by molar-refractivity contribution is 5.98. The van der Waals surface area contributed by atoms with Gasteiger partial charge in [-0.15, -0.1) is 0 Å². The van der Waals surface area contributed by atoms with E-state index in [1.165, 1.54) is 0 Å². The third kappa shape index (κ3) is 3.60. The number of hydrogen-bond donors (Lipinski definition) is 3. The highest BCUT2D eigenvalue weighted by atomic mass is 15.1. The number of pyridine rings is 4. The number of H-pyrrole nitrogens is 2. The zero-order chi connectivity index (χ0) is 22.9. The minimum atomic E-state index is 0.761. The molecule has 0 aromatic carbocycles. The molecule has 0 aliphatic heterocycles. The zero-order valence-electron chi connectivity index (χ0n) is 18.6. The second kappa shape index (κ2) is 8.49. The standard InChI is InChI=1S/C26H22N8/c1-2-27-13-16-11-17(15-28-14-16)19-6-7-22-25(32-19)26(34-33-22)23-12-18-20(31-23)8-10-30-24(18)21-5-3-4-9-29-21/h3-12,14-15,27,31H,2,13H2,1H3,(H,33,34). The molecule has 0 aliphatic carbocycles. The van der Waals surface area contributed by atoms with Crippen molar-refractivity contribution < 1.29 is 0 Å². The van der Waals surface area contributed by atoms with E-state index in [0.29, 0.717) is 0 Å². The Morgan fingerprint density at radius 3 is 2.74 bits per heavy atom. The monoisotopic (exact) mass is 446 g/mol. The lowest BCUT2D eigenvalue weighted by atomic mass is 10.1. The molecule has 0 bridgehead atoms. The van der Waals surface area contributed by atoms with E-state index in [1.54, 1.807) is 12.4 Å². The minimum absolute atomic E-state index is 0.761. The number of rotatable bonds is 6. The van der Waals surface area contributed by atoms with Gasteiger partial charge in [-0.1, -0.05) is 13.0 Å². The van der Waals surface area contributed by atoms with Crippen molar-refractivity contribution in [1.82, 2.24) is 40.4 Å². The predicted octanol–water partition coefficient (Wildman–Crippen LogP) is 4.73. The van der Waals surface area contributed by atoms with Gasteiger partial charge < -0.3 is 10.3 Å². The summed E-state index contributed by atoms with van der Waals surface area (Å²) in [6.45, 7) is 3.78. The van der Waals surface area contributed by atoms with E-state index in [-0.39, 0.29) is 0 Å². The van der Waals surface area contributed by atoms with Crippen LogP contribution in [0.4, 0.5) is 0 Å². The maximum absolute atomic E-state index is 4.95. The van der Waals surface area contributed by atoms with Crippen LogP contribution in [0.1, 0.15) is 12.5 Å². The Labute approximate surface area is 195 Å². The Bertz CT molecular complexity index is 1600. The first-order valence-electron chi connectivity index (χ1n) is 11.2. The van der Waals surface area contributed by atoms with Crippen molar-refractivity contribution in [2.75, 3.05) is 6.54 Å². The van der Waals surface area contributed by atoms with Gasteiger partial charge >= 0.3 is 0 Å². The topological polar surface area (TPSA) is 108 Å². The van der Waals surface area contributed by atoms with Crippen LogP contribution in [0.15, 0.2) is 73.3 Å². The molecular formula is C26H22N8. The molecule has 3 N–H and O–H groups in total. The molecule has 34 heavy (non-hydrogen) atoms. The van der Waals surface area contributed by atoms with Crippen molar-refractivity contribution in [2.24, 2.45) is 0 Å². The fourth-order valence-electron chi connectivity index (χ4n) is 4.13. The molecule has 0 fully saturated rings. The number of aromatic nitrogens is 7. The first-order chi connectivity index (χ1) is 16.8. The number of aromatic amines is 2. The summed E-state index contributed by atoms with van der Waals surface area (Å²) in [6, 6.07) is 16.0. The van der Waals surface area contributed by atoms with E-state index in [9.17, 15) is 0 Å². The normalized spacial score (nSPS) is 11.4. The number of nitrogens with one attached hydrogen (secondary N) is 3. The van der Waals surface area contributed by atoms with E-state index in [1.807, 2.05) is 48.8 Å². The van der Waals surface area contributed by atoms with Crippen LogP contribution >= 0.6 is 0 Å². The van der Waals surface area contributed by atoms with Crippen LogP contribution in [0.3, 0.4) is 0 Å². The average molecular weight is 447 g/mol. The van der Waals surface area contributed by atoms with Crippen LogP contribution in [0.25, 0.3) is 56.0 Å². The van der Waals surface area contributed by atoms with Gasteiger partial charge in [-0.2, -0.15) is 5.10 Å². The quantitative estimate of drug-likeness (QED) is 0.341. The van der Waals surface area contributed by atoms with Crippen LogP contribution in [-0.2, 0) is 6.54 Å². The second-order valence-corrected chi connectivity index (χ2v) is 8.05. The molecule has 6 rings (SSSR count). The van der Waals surface area contributed by atoms with E-state index >= 15 is 0 Å². The Kier molecular flexibility index (Phi) is 5.04. The van der Waals surface area contributed by atoms with E-state index in [2.05, 4.69) is 54.5 Å². The summed E-state index contributed by atoms with van der Waals surface area (Å²) in [7, 11) is 0. The molecule has 8 nitrogen and oxygen atoms in total. The molecule has 0 atom stereocenters. The Balaban J connectivity index is 1.44. The second-order valence-electron chi connectivity index (χ2n) is 8.05. The maximum atomic E-state index is 4.95. The lowest BCUT2D eigenvalue weighted by molar-refractivity contribution is 0.724. The molecular weight excluding hydrogens is 424 g/mol. The van der Waals surface area contributed by atoms with Crippen LogP contribution in [0.2, 0.25) is 0 Å². The number of fused-ring (bicyclic) bond motifs is 2. The van der Waals surface area contributed by atoms with Gasteiger partial charge in [0.05, 0.1) is 28.3 Å². The van der Waals surface area contributed by atoms with Crippen LogP contribution in [0.5, 0.6) is 0 Å². The smallest absolute Gasteiger partial charge is 0.135 e. The molecule has 0 aliphatic rings. The molecule has 8 heteroatoms. The summed E-state index contributed by atoms with van der Waals surface area (Å²) in [6.07, 6.45) is 7.29. The van der Waals surface area contributed by atoms with Gasteiger partial charge in [0.2, 0.25) is 0 Å². The van der Waals surface area contributed by atoms with E-state index in [0.717, 1.165) is 74.6 Å². The molecule has 6 heterocycles. The lowest BCUT2D eigenvalue weighted by Crippen LogP contribution is -2.11. The fraction of sp³-hybridized carbons (Fsp3) is 0.115. The zero-order valence-corrected chi connectivity index (χ0v) is 18.6. The third-order valence-corrected chi connectivity index (χ3v) is 5.79. The van der Waals surface area contributed by atoms with E-state index < -0.39 is 0 Å².